The van der Waals surface area contributed by atoms with Crippen molar-refractivity contribution in [2.24, 2.45) is 11.7 Å². The molecule has 4 heteroatoms. The third-order valence-corrected chi connectivity index (χ3v) is 3.73. The van der Waals surface area contributed by atoms with Crippen molar-refractivity contribution in [1.82, 2.24) is 10.2 Å². The van der Waals surface area contributed by atoms with E-state index in [-0.39, 0.29) is 11.9 Å². The van der Waals surface area contributed by atoms with Crippen molar-refractivity contribution in [2.45, 2.75) is 52.0 Å². The van der Waals surface area contributed by atoms with E-state index in [4.69, 9.17) is 5.73 Å². The average molecular weight is 255 g/mol. The summed E-state index contributed by atoms with van der Waals surface area (Å²) in [5.41, 5.74) is 5.84. The van der Waals surface area contributed by atoms with Crippen LogP contribution in [0.3, 0.4) is 0 Å². The van der Waals surface area contributed by atoms with E-state index in [2.05, 4.69) is 24.1 Å². The van der Waals surface area contributed by atoms with Crippen LogP contribution in [0, 0.1) is 5.92 Å². The normalized spacial score (nSPS) is 19.7. The van der Waals surface area contributed by atoms with E-state index in [9.17, 15) is 4.79 Å². The number of carbonyl (C=O) groups is 1. The number of hydrogen-bond acceptors (Lipinski definition) is 3. The van der Waals surface area contributed by atoms with Crippen LogP contribution in [0.5, 0.6) is 0 Å². The largest absolute Gasteiger partial charge is 0.355 e. The highest BCUT2D eigenvalue weighted by Gasteiger charge is 2.15. The molecule has 4 nitrogen and oxygen atoms in total. The lowest BCUT2D eigenvalue weighted by Crippen LogP contribution is -2.40. The number of rotatable bonds is 7. The zero-order valence-corrected chi connectivity index (χ0v) is 12.0. The number of carbonyl (C=O) groups excluding carboxylic acids is 1. The van der Waals surface area contributed by atoms with Gasteiger partial charge in [0.25, 0.3) is 0 Å². The molecule has 3 N–H and O–H groups in total. The summed E-state index contributed by atoms with van der Waals surface area (Å²) in [4.78, 5) is 14.0. The van der Waals surface area contributed by atoms with Gasteiger partial charge in [-0.3, -0.25) is 4.79 Å². The Kier molecular flexibility index (Phi) is 7.28. The van der Waals surface area contributed by atoms with Gasteiger partial charge in [-0.25, -0.2) is 0 Å². The second kappa shape index (κ2) is 8.48. The fraction of sp³-hybridized carbons (Fsp3) is 0.929. The van der Waals surface area contributed by atoms with E-state index in [0.29, 0.717) is 6.42 Å². The van der Waals surface area contributed by atoms with Crippen molar-refractivity contribution in [2.75, 3.05) is 26.2 Å². The van der Waals surface area contributed by atoms with Crippen molar-refractivity contribution in [3.63, 3.8) is 0 Å². The average Bonchev–Trinajstić information content (AvgIpc) is 2.32. The molecule has 1 saturated heterocycles. The number of nitrogens with two attached hydrogens (primary N) is 1. The third kappa shape index (κ3) is 6.36. The molecular weight excluding hydrogens is 226 g/mol. The quantitative estimate of drug-likeness (QED) is 0.722. The molecular formula is C14H29N3O. The van der Waals surface area contributed by atoms with Crippen LogP contribution in [0.25, 0.3) is 0 Å². The second-order valence-electron chi connectivity index (χ2n) is 5.63. The van der Waals surface area contributed by atoms with Gasteiger partial charge in [0.2, 0.25) is 5.91 Å². The fourth-order valence-electron chi connectivity index (χ4n) is 2.42. The van der Waals surface area contributed by atoms with Crippen LogP contribution >= 0.6 is 0 Å². The molecule has 1 unspecified atom stereocenters. The Morgan fingerprint density at radius 1 is 1.44 bits per heavy atom. The summed E-state index contributed by atoms with van der Waals surface area (Å²) in [6.07, 6.45) is 5.01. The van der Waals surface area contributed by atoms with Gasteiger partial charge < -0.3 is 16.0 Å². The summed E-state index contributed by atoms with van der Waals surface area (Å²) >= 11 is 0. The van der Waals surface area contributed by atoms with Crippen molar-refractivity contribution in [3.05, 3.63) is 0 Å². The fourth-order valence-corrected chi connectivity index (χ4v) is 2.42. The van der Waals surface area contributed by atoms with Gasteiger partial charge in [0.15, 0.2) is 0 Å². The van der Waals surface area contributed by atoms with E-state index >= 15 is 0 Å². The Balaban J connectivity index is 2.04. The van der Waals surface area contributed by atoms with Crippen molar-refractivity contribution >= 4 is 5.91 Å². The third-order valence-electron chi connectivity index (χ3n) is 3.73. The Labute approximate surface area is 111 Å². The van der Waals surface area contributed by atoms with E-state index < -0.39 is 0 Å². The van der Waals surface area contributed by atoms with Crippen LogP contribution in [-0.2, 0) is 4.79 Å². The van der Waals surface area contributed by atoms with Gasteiger partial charge in [0, 0.05) is 25.6 Å². The number of nitrogens with one attached hydrogen (secondary N) is 1. The van der Waals surface area contributed by atoms with Crippen molar-refractivity contribution in [1.29, 1.82) is 0 Å². The Morgan fingerprint density at radius 3 is 2.72 bits per heavy atom. The van der Waals surface area contributed by atoms with Crippen molar-refractivity contribution < 1.29 is 4.79 Å². The molecule has 106 valence electrons. The molecule has 0 aromatic rings. The summed E-state index contributed by atoms with van der Waals surface area (Å²) in [5.74, 6) is 0.962. The lowest BCUT2D eigenvalue weighted by molar-refractivity contribution is -0.121. The van der Waals surface area contributed by atoms with Crippen molar-refractivity contribution in [3.8, 4) is 0 Å². The molecule has 0 radical (unpaired) electrons. The monoisotopic (exact) mass is 255 g/mol. The molecule has 0 saturated carbocycles. The molecule has 0 aromatic heterocycles. The highest BCUT2D eigenvalue weighted by atomic mass is 16.1. The minimum absolute atomic E-state index is 0.0193. The lowest BCUT2D eigenvalue weighted by atomic mass is 9.99. The maximum Gasteiger partial charge on any atom is 0.221 e. The standard InChI is InChI=1S/C14H29N3O/c1-3-4-13(15)11-14(18)16-7-10-17-8-5-12(2)6-9-17/h12-13H,3-11,15H2,1-2H3,(H,16,18). The first-order chi connectivity index (χ1) is 8.61. The summed E-state index contributed by atoms with van der Waals surface area (Å²) in [6.45, 7) is 8.48. The predicted molar refractivity (Wildman–Crippen MR) is 75.3 cm³/mol. The summed E-state index contributed by atoms with van der Waals surface area (Å²) in [6, 6.07) is 0.0193. The van der Waals surface area contributed by atoms with Gasteiger partial charge in [-0.1, -0.05) is 20.3 Å². The van der Waals surface area contributed by atoms with E-state index in [0.717, 1.165) is 31.8 Å². The highest BCUT2D eigenvalue weighted by Crippen LogP contribution is 2.15. The van der Waals surface area contributed by atoms with Gasteiger partial charge in [0.05, 0.1) is 0 Å². The SMILES string of the molecule is CCCC(N)CC(=O)NCCN1CCC(C)CC1. The van der Waals surface area contributed by atoms with Crippen LogP contribution in [0.4, 0.5) is 0 Å². The van der Waals surface area contributed by atoms with Crippen LogP contribution in [0.2, 0.25) is 0 Å². The number of nitrogens with zero attached hydrogens (tertiary/aromatic N) is 1. The number of likely N-dealkylation sites (tertiary alicyclic amines) is 1. The van der Waals surface area contributed by atoms with Gasteiger partial charge in [0.1, 0.15) is 0 Å². The molecule has 1 rings (SSSR count). The molecule has 18 heavy (non-hydrogen) atoms. The van der Waals surface area contributed by atoms with E-state index in [1.54, 1.807) is 0 Å². The molecule has 1 amide bonds. The first kappa shape index (κ1) is 15.4. The summed E-state index contributed by atoms with van der Waals surface area (Å²) < 4.78 is 0. The molecule has 1 heterocycles. The van der Waals surface area contributed by atoms with Gasteiger partial charge in [-0.05, 0) is 38.3 Å². The predicted octanol–water partition coefficient (Wildman–Crippen LogP) is 1.35. The number of hydrogen-bond donors (Lipinski definition) is 2. The van der Waals surface area contributed by atoms with Crippen LogP contribution in [-0.4, -0.2) is 43.0 Å². The molecule has 1 atom stereocenters. The number of piperidine rings is 1. The summed E-state index contributed by atoms with van der Waals surface area (Å²) in [5, 5.41) is 2.97. The zero-order chi connectivity index (χ0) is 13.4. The van der Waals surface area contributed by atoms with Crippen LogP contribution in [0.1, 0.15) is 46.0 Å². The topological polar surface area (TPSA) is 58.4 Å². The van der Waals surface area contributed by atoms with Gasteiger partial charge >= 0.3 is 0 Å². The maximum absolute atomic E-state index is 11.6. The maximum atomic E-state index is 11.6. The second-order valence-corrected chi connectivity index (χ2v) is 5.63. The molecule has 1 aliphatic heterocycles. The van der Waals surface area contributed by atoms with E-state index in [1.807, 2.05) is 0 Å². The minimum atomic E-state index is 0.0193. The first-order valence-corrected chi connectivity index (χ1v) is 7.36. The summed E-state index contributed by atoms with van der Waals surface area (Å²) in [7, 11) is 0. The zero-order valence-electron chi connectivity index (χ0n) is 12.0. The smallest absolute Gasteiger partial charge is 0.221 e. The molecule has 0 bridgehead atoms. The first-order valence-electron chi connectivity index (χ1n) is 7.36. The van der Waals surface area contributed by atoms with Crippen LogP contribution in [0.15, 0.2) is 0 Å². The number of amides is 1. The van der Waals surface area contributed by atoms with Gasteiger partial charge in [-0.2, -0.15) is 0 Å². The lowest BCUT2D eigenvalue weighted by Gasteiger charge is -2.30. The Hall–Kier alpha value is -0.610. The molecule has 0 aromatic carbocycles. The highest BCUT2D eigenvalue weighted by molar-refractivity contribution is 5.76. The minimum Gasteiger partial charge on any atom is -0.355 e. The Morgan fingerprint density at radius 2 is 2.11 bits per heavy atom. The molecule has 1 fully saturated rings. The Bertz CT molecular complexity index is 237. The van der Waals surface area contributed by atoms with E-state index in [1.165, 1.54) is 25.9 Å². The molecule has 0 aliphatic carbocycles. The van der Waals surface area contributed by atoms with Crippen LogP contribution < -0.4 is 11.1 Å². The molecule has 1 aliphatic rings. The molecule has 0 spiro atoms. The van der Waals surface area contributed by atoms with Gasteiger partial charge in [-0.15, -0.1) is 0 Å².